The minimum absolute atomic E-state index is 0.212. The minimum atomic E-state index is 0.212. The fraction of sp³-hybridized carbons (Fsp3) is 0.263. The Morgan fingerprint density at radius 2 is 1.92 bits per heavy atom. The summed E-state index contributed by atoms with van der Waals surface area (Å²) in [4.78, 5) is 3.00. The minimum Gasteiger partial charge on any atom is -0.507 e. The third-order valence-corrected chi connectivity index (χ3v) is 5.30. The first-order chi connectivity index (χ1) is 12.1. The number of para-hydroxylation sites is 1. The number of hydrogen-bond acceptors (Lipinski definition) is 5. The lowest BCUT2D eigenvalue weighted by Gasteiger charge is -2.21. The van der Waals surface area contributed by atoms with Crippen LogP contribution in [0.15, 0.2) is 52.7 Å². The van der Waals surface area contributed by atoms with E-state index in [1.807, 2.05) is 35.9 Å². The Bertz CT molecular complexity index is 967. The molecular weight excluding hydrogens is 332 g/mol. The molecule has 2 aromatic carbocycles. The quantitative estimate of drug-likeness (QED) is 0.561. The molecule has 5 nitrogen and oxygen atoms in total. The van der Waals surface area contributed by atoms with Crippen molar-refractivity contribution in [3.8, 4) is 5.75 Å². The van der Waals surface area contributed by atoms with Gasteiger partial charge in [-0.3, -0.25) is 0 Å². The van der Waals surface area contributed by atoms with Crippen LogP contribution in [0, 0.1) is 0 Å². The number of phenols is 1. The molecule has 0 fully saturated rings. The van der Waals surface area contributed by atoms with Crippen LogP contribution in [0.5, 0.6) is 5.75 Å². The highest BCUT2D eigenvalue weighted by molar-refractivity contribution is 7.16. The molecule has 130 valence electrons. The maximum absolute atomic E-state index is 10.2. The van der Waals surface area contributed by atoms with Crippen molar-refractivity contribution in [3.05, 3.63) is 52.8 Å². The van der Waals surface area contributed by atoms with Gasteiger partial charge in [-0.05, 0) is 38.1 Å². The molecule has 6 heteroatoms. The van der Waals surface area contributed by atoms with Crippen molar-refractivity contribution in [1.29, 1.82) is 0 Å². The van der Waals surface area contributed by atoms with Crippen LogP contribution in [0.4, 0.5) is 5.69 Å². The maximum atomic E-state index is 10.2. The highest BCUT2D eigenvalue weighted by atomic mass is 32.1. The lowest BCUT2D eigenvalue weighted by molar-refractivity contribution is 0.474. The van der Waals surface area contributed by atoms with E-state index < -0.39 is 0 Å². The number of thiazole rings is 1. The Morgan fingerprint density at radius 3 is 2.60 bits per heavy atom. The highest BCUT2D eigenvalue weighted by Gasteiger charge is 2.05. The number of aryl methyl sites for hydroxylation is 1. The summed E-state index contributed by atoms with van der Waals surface area (Å²) < 4.78 is 3.19. The topological polar surface area (TPSA) is 53.1 Å². The molecule has 1 N–H and O–H groups in total. The van der Waals surface area contributed by atoms with E-state index in [0.29, 0.717) is 5.56 Å². The molecule has 3 aromatic rings. The molecule has 0 aliphatic carbocycles. The molecule has 1 heterocycles. The number of rotatable bonds is 5. The van der Waals surface area contributed by atoms with Crippen LogP contribution >= 0.6 is 11.3 Å². The van der Waals surface area contributed by atoms with E-state index in [9.17, 15) is 5.11 Å². The molecule has 0 saturated heterocycles. The number of phenolic OH excluding ortho intramolecular Hbond substituents is 1. The molecule has 0 aliphatic heterocycles. The Hall–Kier alpha value is -2.60. The Morgan fingerprint density at radius 1 is 1.16 bits per heavy atom. The van der Waals surface area contributed by atoms with E-state index in [4.69, 9.17) is 0 Å². The predicted molar refractivity (Wildman–Crippen MR) is 106 cm³/mol. The zero-order valence-electron chi connectivity index (χ0n) is 14.7. The number of aromatic nitrogens is 1. The van der Waals surface area contributed by atoms with E-state index in [-0.39, 0.29) is 5.75 Å². The average molecular weight is 354 g/mol. The normalized spacial score (nSPS) is 12.4. The Labute approximate surface area is 151 Å². The first-order valence-electron chi connectivity index (χ1n) is 8.33. The number of anilines is 1. The van der Waals surface area contributed by atoms with E-state index >= 15 is 0 Å². The molecule has 0 amide bonds. The van der Waals surface area contributed by atoms with Crippen LogP contribution in [-0.2, 0) is 7.05 Å². The second-order valence-corrected chi connectivity index (χ2v) is 6.68. The van der Waals surface area contributed by atoms with Gasteiger partial charge in [0.2, 0.25) is 4.80 Å². The molecule has 0 radical (unpaired) electrons. The lowest BCUT2D eigenvalue weighted by Crippen LogP contribution is -2.21. The Balaban J connectivity index is 1.87. The van der Waals surface area contributed by atoms with Crippen LogP contribution < -0.4 is 9.70 Å². The summed E-state index contributed by atoms with van der Waals surface area (Å²) in [6.45, 7) is 6.00. The number of fused-ring (bicyclic) bond motifs is 1. The van der Waals surface area contributed by atoms with Gasteiger partial charge < -0.3 is 14.6 Å². The van der Waals surface area contributed by atoms with Gasteiger partial charge in [-0.1, -0.05) is 23.5 Å². The second-order valence-electron chi connectivity index (χ2n) is 5.67. The molecule has 0 atom stereocenters. The van der Waals surface area contributed by atoms with E-state index in [0.717, 1.165) is 29.1 Å². The Kier molecular flexibility index (Phi) is 5.19. The van der Waals surface area contributed by atoms with Crippen molar-refractivity contribution >= 4 is 33.5 Å². The van der Waals surface area contributed by atoms with Crippen molar-refractivity contribution in [3.63, 3.8) is 0 Å². The predicted octanol–water partition coefficient (Wildman–Crippen LogP) is 3.73. The van der Waals surface area contributed by atoms with Crippen molar-refractivity contribution in [2.75, 3.05) is 18.0 Å². The van der Waals surface area contributed by atoms with E-state index in [1.54, 1.807) is 23.6 Å². The summed E-state index contributed by atoms with van der Waals surface area (Å²) in [5, 5.41) is 18.7. The van der Waals surface area contributed by atoms with E-state index in [2.05, 4.69) is 41.1 Å². The summed E-state index contributed by atoms with van der Waals surface area (Å²) in [7, 11) is 1.98. The largest absolute Gasteiger partial charge is 0.507 e. The third kappa shape index (κ3) is 3.58. The summed E-state index contributed by atoms with van der Waals surface area (Å²) in [6, 6.07) is 13.8. The smallest absolute Gasteiger partial charge is 0.211 e. The standard InChI is InChI=1S/C19H22N4OS/c1-4-23(5-2)15-11-10-14(17(24)12-15)13-20-21-19-22(3)16-8-6-7-9-18(16)25-19/h6-13,24H,4-5H2,1-3H3. The SMILES string of the molecule is CCN(CC)c1ccc(C=NN=c2sc3ccccc3n2C)c(O)c1. The van der Waals surface area contributed by atoms with Gasteiger partial charge in [0.1, 0.15) is 5.75 Å². The van der Waals surface area contributed by atoms with Gasteiger partial charge in [0.05, 0.1) is 16.4 Å². The number of hydrogen-bond donors (Lipinski definition) is 1. The average Bonchev–Trinajstić information content (AvgIpc) is 2.94. The maximum Gasteiger partial charge on any atom is 0.211 e. The van der Waals surface area contributed by atoms with Crippen LogP contribution in [-0.4, -0.2) is 29.0 Å². The third-order valence-electron chi connectivity index (χ3n) is 4.20. The van der Waals surface area contributed by atoms with Crippen molar-refractivity contribution in [2.24, 2.45) is 17.3 Å². The summed E-state index contributed by atoms with van der Waals surface area (Å²) in [6.07, 6.45) is 1.59. The lowest BCUT2D eigenvalue weighted by atomic mass is 10.2. The highest BCUT2D eigenvalue weighted by Crippen LogP contribution is 2.23. The van der Waals surface area contributed by atoms with Gasteiger partial charge >= 0.3 is 0 Å². The molecule has 1 aromatic heterocycles. The van der Waals surface area contributed by atoms with Crippen molar-refractivity contribution < 1.29 is 5.11 Å². The zero-order valence-corrected chi connectivity index (χ0v) is 15.5. The van der Waals surface area contributed by atoms with Crippen molar-refractivity contribution in [2.45, 2.75) is 13.8 Å². The number of nitrogens with zero attached hydrogens (tertiary/aromatic N) is 4. The fourth-order valence-corrected chi connectivity index (χ4v) is 3.72. The molecular formula is C19H22N4OS. The molecule has 3 rings (SSSR count). The fourth-order valence-electron chi connectivity index (χ4n) is 2.75. The van der Waals surface area contributed by atoms with Gasteiger partial charge in [-0.2, -0.15) is 5.10 Å². The van der Waals surface area contributed by atoms with Gasteiger partial charge in [-0.25, -0.2) is 0 Å². The van der Waals surface area contributed by atoms with E-state index in [1.165, 1.54) is 4.70 Å². The molecule has 0 unspecified atom stereocenters. The first kappa shape index (κ1) is 17.2. The summed E-state index contributed by atoms with van der Waals surface area (Å²) in [5.74, 6) is 0.212. The molecule has 0 saturated carbocycles. The zero-order chi connectivity index (χ0) is 17.8. The van der Waals surface area contributed by atoms with Crippen LogP contribution in [0.25, 0.3) is 10.2 Å². The van der Waals surface area contributed by atoms with Gasteiger partial charge in [0.15, 0.2) is 0 Å². The molecule has 0 bridgehead atoms. The monoisotopic (exact) mass is 354 g/mol. The first-order valence-corrected chi connectivity index (χ1v) is 9.15. The van der Waals surface area contributed by atoms with Gasteiger partial charge in [-0.15, -0.1) is 5.10 Å². The number of benzene rings is 2. The van der Waals surface area contributed by atoms with Gasteiger partial charge in [0.25, 0.3) is 0 Å². The summed E-state index contributed by atoms with van der Waals surface area (Å²) >= 11 is 1.59. The molecule has 25 heavy (non-hydrogen) atoms. The van der Waals surface area contributed by atoms with Crippen LogP contribution in [0.2, 0.25) is 0 Å². The second kappa shape index (κ2) is 7.53. The van der Waals surface area contributed by atoms with Crippen molar-refractivity contribution in [1.82, 2.24) is 4.57 Å². The number of aromatic hydroxyl groups is 1. The summed E-state index contributed by atoms with van der Waals surface area (Å²) in [5.41, 5.74) is 2.80. The van der Waals surface area contributed by atoms with Crippen LogP contribution in [0.1, 0.15) is 19.4 Å². The molecule has 0 aliphatic rings. The van der Waals surface area contributed by atoms with Gasteiger partial charge in [0, 0.05) is 37.5 Å². The van der Waals surface area contributed by atoms with Crippen LogP contribution in [0.3, 0.4) is 0 Å². The molecule has 0 spiro atoms.